The summed E-state index contributed by atoms with van der Waals surface area (Å²) in [5.41, 5.74) is 1.75. The Labute approximate surface area is 131 Å². The normalized spacial score (nSPS) is 12.1. The zero-order valence-corrected chi connectivity index (χ0v) is 13.6. The molecule has 0 fully saturated rings. The van der Waals surface area contributed by atoms with Gasteiger partial charge in [-0.25, -0.2) is 8.78 Å². The summed E-state index contributed by atoms with van der Waals surface area (Å²) in [4.78, 5) is 0. The van der Waals surface area contributed by atoms with E-state index in [1.165, 1.54) is 12.1 Å². The predicted octanol–water partition coefficient (Wildman–Crippen LogP) is 5.22. The third kappa shape index (κ3) is 3.53. The number of hydrogen-bond acceptors (Lipinski definition) is 2. The van der Waals surface area contributed by atoms with Crippen LogP contribution in [0, 0.1) is 18.6 Å². The van der Waals surface area contributed by atoms with E-state index < -0.39 is 11.6 Å². The third-order valence-corrected chi connectivity index (χ3v) is 3.68. The number of methoxy groups -OCH3 is 1. The number of nitrogens with one attached hydrogen (secondary N) is 1. The first kappa shape index (κ1) is 15.8. The van der Waals surface area contributed by atoms with Crippen LogP contribution in [0.1, 0.15) is 24.1 Å². The highest BCUT2D eigenvalue weighted by atomic mass is 79.9. The summed E-state index contributed by atoms with van der Waals surface area (Å²) in [5.74, 6) is -0.590. The van der Waals surface area contributed by atoms with Crippen LogP contribution in [-0.2, 0) is 0 Å². The van der Waals surface area contributed by atoms with Crippen LogP contribution in [0.15, 0.2) is 34.8 Å². The summed E-state index contributed by atoms with van der Waals surface area (Å²) in [5, 5.41) is 2.87. The van der Waals surface area contributed by atoms with Crippen LogP contribution >= 0.6 is 15.9 Å². The monoisotopic (exact) mass is 355 g/mol. The van der Waals surface area contributed by atoms with E-state index in [1.54, 1.807) is 7.11 Å². The third-order valence-electron chi connectivity index (χ3n) is 3.22. The lowest BCUT2D eigenvalue weighted by Crippen LogP contribution is -2.11. The van der Waals surface area contributed by atoms with Gasteiger partial charge in [0.2, 0.25) is 0 Å². The lowest BCUT2D eigenvalue weighted by Gasteiger charge is -2.19. The molecule has 1 unspecified atom stereocenters. The van der Waals surface area contributed by atoms with Gasteiger partial charge in [0, 0.05) is 10.0 Å². The van der Waals surface area contributed by atoms with Crippen molar-refractivity contribution in [3.05, 3.63) is 57.6 Å². The van der Waals surface area contributed by atoms with Crippen molar-refractivity contribution < 1.29 is 13.5 Å². The Balaban J connectivity index is 2.32. The number of anilines is 1. The second-order valence-electron chi connectivity index (χ2n) is 4.86. The molecular weight excluding hydrogens is 340 g/mol. The molecule has 2 aromatic rings. The molecular formula is C16H16BrF2NO. The Kier molecular flexibility index (Phi) is 4.83. The molecule has 2 rings (SSSR count). The van der Waals surface area contributed by atoms with Crippen LogP contribution in [0.3, 0.4) is 0 Å². The van der Waals surface area contributed by atoms with E-state index in [2.05, 4.69) is 21.2 Å². The number of rotatable bonds is 4. The number of aryl methyl sites for hydroxylation is 1. The van der Waals surface area contributed by atoms with Gasteiger partial charge in [0.15, 0.2) is 0 Å². The van der Waals surface area contributed by atoms with E-state index in [9.17, 15) is 8.78 Å². The zero-order valence-electron chi connectivity index (χ0n) is 12.0. The van der Waals surface area contributed by atoms with Crippen molar-refractivity contribution >= 4 is 21.6 Å². The summed E-state index contributed by atoms with van der Waals surface area (Å²) < 4.78 is 33.4. The summed E-state index contributed by atoms with van der Waals surface area (Å²) in [6.07, 6.45) is 0. The minimum absolute atomic E-state index is 0.145. The minimum atomic E-state index is -0.639. The van der Waals surface area contributed by atoms with E-state index in [4.69, 9.17) is 4.74 Å². The number of halogens is 3. The molecule has 0 heterocycles. The van der Waals surface area contributed by atoms with Crippen molar-refractivity contribution in [1.82, 2.24) is 0 Å². The standard InChI is InChI=1S/C16H16BrF2NO/c1-9-4-5-12(15(6-9)21-3)10(2)20-16-13(18)7-11(17)8-14(16)19/h4-8,10,20H,1-3H3. The molecule has 112 valence electrons. The Morgan fingerprint density at radius 1 is 1.14 bits per heavy atom. The van der Waals surface area contributed by atoms with Gasteiger partial charge in [0.25, 0.3) is 0 Å². The van der Waals surface area contributed by atoms with E-state index in [1.807, 2.05) is 32.0 Å². The molecule has 0 saturated heterocycles. The summed E-state index contributed by atoms with van der Waals surface area (Å²) in [6.45, 7) is 3.78. The molecule has 0 aromatic heterocycles. The summed E-state index contributed by atoms with van der Waals surface area (Å²) >= 11 is 3.06. The molecule has 0 aliphatic carbocycles. The Bertz CT molecular complexity index is 638. The van der Waals surface area contributed by atoms with E-state index >= 15 is 0 Å². The van der Waals surface area contributed by atoms with Gasteiger partial charge in [0.1, 0.15) is 23.1 Å². The zero-order chi connectivity index (χ0) is 15.6. The lowest BCUT2D eigenvalue weighted by molar-refractivity contribution is 0.407. The maximum atomic E-state index is 13.9. The van der Waals surface area contributed by atoms with Gasteiger partial charge in [-0.05, 0) is 37.6 Å². The average Bonchev–Trinajstić information content (AvgIpc) is 2.42. The first-order chi connectivity index (χ1) is 9.92. The highest BCUT2D eigenvalue weighted by Gasteiger charge is 2.16. The Morgan fingerprint density at radius 2 is 1.76 bits per heavy atom. The molecule has 2 nitrogen and oxygen atoms in total. The van der Waals surface area contributed by atoms with Gasteiger partial charge in [-0.3, -0.25) is 0 Å². The van der Waals surface area contributed by atoms with Crippen molar-refractivity contribution in [3.8, 4) is 5.75 Å². The topological polar surface area (TPSA) is 21.3 Å². The molecule has 0 radical (unpaired) electrons. The van der Waals surface area contributed by atoms with Crippen LogP contribution < -0.4 is 10.1 Å². The number of ether oxygens (including phenoxy) is 1. The lowest BCUT2D eigenvalue weighted by atomic mass is 10.0. The molecule has 1 N–H and O–H groups in total. The maximum absolute atomic E-state index is 13.9. The van der Waals surface area contributed by atoms with Crippen molar-refractivity contribution in [2.45, 2.75) is 19.9 Å². The highest BCUT2D eigenvalue weighted by Crippen LogP contribution is 2.31. The molecule has 2 aromatic carbocycles. The molecule has 0 bridgehead atoms. The van der Waals surface area contributed by atoms with Crippen LogP contribution in [0.4, 0.5) is 14.5 Å². The van der Waals surface area contributed by atoms with Gasteiger partial charge in [-0.2, -0.15) is 0 Å². The largest absolute Gasteiger partial charge is 0.496 e. The predicted molar refractivity (Wildman–Crippen MR) is 83.8 cm³/mol. The first-order valence-electron chi connectivity index (χ1n) is 6.48. The minimum Gasteiger partial charge on any atom is -0.496 e. The van der Waals surface area contributed by atoms with Gasteiger partial charge >= 0.3 is 0 Å². The van der Waals surface area contributed by atoms with E-state index in [0.717, 1.165) is 11.1 Å². The van der Waals surface area contributed by atoms with Crippen molar-refractivity contribution in [3.63, 3.8) is 0 Å². The molecule has 5 heteroatoms. The van der Waals surface area contributed by atoms with Crippen LogP contribution in [0.2, 0.25) is 0 Å². The maximum Gasteiger partial charge on any atom is 0.150 e. The smallest absolute Gasteiger partial charge is 0.150 e. The highest BCUT2D eigenvalue weighted by molar-refractivity contribution is 9.10. The Hall–Kier alpha value is -1.62. The fourth-order valence-corrected chi connectivity index (χ4v) is 2.55. The fourth-order valence-electron chi connectivity index (χ4n) is 2.15. The Morgan fingerprint density at radius 3 is 2.33 bits per heavy atom. The molecule has 0 amide bonds. The fraction of sp³-hybridized carbons (Fsp3) is 0.250. The van der Waals surface area contributed by atoms with Crippen molar-refractivity contribution in [2.24, 2.45) is 0 Å². The van der Waals surface area contributed by atoms with Crippen molar-refractivity contribution in [2.75, 3.05) is 12.4 Å². The quantitative estimate of drug-likeness (QED) is 0.811. The molecule has 0 aliphatic heterocycles. The average molecular weight is 356 g/mol. The second-order valence-corrected chi connectivity index (χ2v) is 5.77. The van der Waals surface area contributed by atoms with Crippen LogP contribution in [0.5, 0.6) is 5.75 Å². The molecule has 0 aliphatic rings. The molecule has 21 heavy (non-hydrogen) atoms. The van der Waals surface area contributed by atoms with Gasteiger partial charge in [0.05, 0.1) is 13.2 Å². The SMILES string of the molecule is COc1cc(C)ccc1C(C)Nc1c(F)cc(Br)cc1F. The molecule has 1 atom stereocenters. The molecule has 0 spiro atoms. The van der Waals surface area contributed by atoms with Crippen molar-refractivity contribution in [1.29, 1.82) is 0 Å². The summed E-state index contributed by atoms with van der Waals surface area (Å²) in [6, 6.07) is 7.87. The van der Waals surface area contributed by atoms with E-state index in [-0.39, 0.29) is 11.7 Å². The van der Waals surface area contributed by atoms with Gasteiger partial charge < -0.3 is 10.1 Å². The number of benzene rings is 2. The number of hydrogen-bond donors (Lipinski definition) is 1. The van der Waals surface area contributed by atoms with E-state index in [0.29, 0.717) is 10.2 Å². The van der Waals surface area contributed by atoms with Gasteiger partial charge in [-0.1, -0.05) is 28.1 Å². The van der Waals surface area contributed by atoms with Crippen LogP contribution in [-0.4, -0.2) is 7.11 Å². The molecule has 0 saturated carbocycles. The summed E-state index contributed by atoms with van der Waals surface area (Å²) in [7, 11) is 1.58. The second kappa shape index (κ2) is 6.43. The van der Waals surface area contributed by atoms with Crippen LogP contribution in [0.25, 0.3) is 0 Å². The first-order valence-corrected chi connectivity index (χ1v) is 7.27. The van der Waals surface area contributed by atoms with Gasteiger partial charge in [-0.15, -0.1) is 0 Å².